The van der Waals surface area contributed by atoms with Crippen molar-refractivity contribution in [1.29, 1.82) is 0 Å². The van der Waals surface area contributed by atoms with E-state index in [-0.39, 0.29) is 6.42 Å². The molecule has 0 aliphatic carbocycles. The SMILES string of the molecule is c1ccc2c(-c3nc(Cc4nc(-c5c6ccccc6cc6ccccc56)nc(-c5c6ccccc6cc6ccccc56)n4)nc(-c4c5ccccc5cc5ccccc45)n3)c3ccccc3cc2c1. The van der Waals surface area contributed by atoms with Crippen molar-refractivity contribution in [2.24, 2.45) is 0 Å². The molecule has 0 saturated carbocycles. The van der Waals surface area contributed by atoms with Crippen LogP contribution in [0.5, 0.6) is 0 Å². The highest BCUT2D eigenvalue weighted by Gasteiger charge is 2.23. The highest BCUT2D eigenvalue weighted by Crippen LogP contribution is 2.41. The topological polar surface area (TPSA) is 77.3 Å². The Balaban J connectivity index is 1.08. The lowest BCUT2D eigenvalue weighted by atomic mass is 9.95. The minimum Gasteiger partial charge on any atom is -0.213 e. The fourth-order valence-electron chi connectivity index (χ4n) is 10.6. The van der Waals surface area contributed by atoms with Gasteiger partial charge in [-0.1, -0.05) is 194 Å². The van der Waals surface area contributed by atoms with Gasteiger partial charge in [0, 0.05) is 22.3 Å². The van der Waals surface area contributed by atoms with Crippen LogP contribution in [0.4, 0.5) is 0 Å². The minimum absolute atomic E-state index is 0.210. The van der Waals surface area contributed by atoms with Gasteiger partial charge in [0.2, 0.25) is 0 Å². The second kappa shape index (κ2) is 15.7. The van der Waals surface area contributed by atoms with Crippen LogP contribution in [0, 0.1) is 0 Å². The summed E-state index contributed by atoms with van der Waals surface area (Å²) in [6.07, 6.45) is 0.210. The summed E-state index contributed by atoms with van der Waals surface area (Å²) in [5, 5.41) is 17.4. The molecule has 0 N–H and O–H groups in total. The van der Waals surface area contributed by atoms with E-state index in [0.717, 1.165) is 108 Å². The van der Waals surface area contributed by atoms with Gasteiger partial charge in [-0.05, 0) is 110 Å². The van der Waals surface area contributed by atoms with Gasteiger partial charge in [-0.25, -0.2) is 29.9 Å². The summed E-state index contributed by atoms with van der Waals surface area (Å²) in [5.41, 5.74) is 3.83. The predicted molar refractivity (Wildman–Crippen MR) is 284 cm³/mol. The summed E-state index contributed by atoms with van der Waals surface area (Å²) in [7, 11) is 0. The van der Waals surface area contributed by atoms with Crippen LogP contribution in [0.1, 0.15) is 11.6 Å². The smallest absolute Gasteiger partial charge is 0.164 e. The fraction of sp³-hybridized carbons (Fsp3) is 0.0159. The van der Waals surface area contributed by atoms with Gasteiger partial charge in [0.25, 0.3) is 0 Å². The highest BCUT2D eigenvalue weighted by molar-refractivity contribution is 6.15. The molecule has 69 heavy (non-hydrogen) atoms. The van der Waals surface area contributed by atoms with Gasteiger partial charge >= 0.3 is 0 Å². The Bertz CT molecular complexity index is 3650. The third kappa shape index (κ3) is 6.49. The number of nitrogens with zero attached hydrogens (tertiary/aromatic N) is 6. The number of benzene rings is 12. The maximum atomic E-state index is 5.51. The molecule has 0 amide bonds. The monoisotopic (exact) mass is 878 g/mol. The summed E-state index contributed by atoms with van der Waals surface area (Å²) in [6, 6.07) is 77.0. The van der Waals surface area contributed by atoms with Gasteiger partial charge in [-0.15, -0.1) is 0 Å². The third-order valence-electron chi connectivity index (χ3n) is 13.7. The van der Waals surface area contributed by atoms with Gasteiger partial charge in [-0.2, -0.15) is 0 Å². The molecule has 320 valence electrons. The Morgan fingerprint density at radius 1 is 0.203 bits per heavy atom. The molecular weight excluding hydrogens is 841 g/mol. The molecule has 0 spiro atoms. The van der Waals surface area contributed by atoms with Crippen molar-refractivity contribution in [2.45, 2.75) is 6.42 Å². The zero-order chi connectivity index (χ0) is 45.4. The number of fused-ring (bicyclic) bond motifs is 8. The molecular formula is C63H38N6. The summed E-state index contributed by atoms with van der Waals surface area (Å²) in [5.74, 6) is 3.48. The lowest BCUT2D eigenvalue weighted by molar-refractivity contribution is 0.863. The van der Waals surface area contributed by atoms with Crippen LogP contribution in [0.3, 0.4) is 0 Å². The van der Waals surface area contributed by atoms with Crippen LogP contribution >= 0.6 is 0 Å². The van der Waals surface area contributed by atoms with E-state index in [0.29, 0.717) is 34.9 Å². The summed E-state index contributed by atoms with van der Waals surface area (Å²) >= 11 is 0. The molecule has 2 aromatic heterocycles. The Morgan fingerprint density at radius 3 is 0.565 bits per heavy atom. The number of aromatic nitrogens is 6. The molecule has 2 heterocycles. The van der Waals surface area contributed by atoms with Gasteiger partial charge in [-0.3, -0.25) is 0 Å². The first-order valence-electron chi connectivity index (χ1n) is 23.3. The molecule has 14 rings (SSSR count). The van der Waals surface area contributed by atoms with Crippen molar-refractivity contribution in [3.8, 4) is 45.6 Å². The molecule has 0 fully saturated rings. The molecule has 6 nitrogen and oxygen atoms in total. The second-order valence-corrected chi connectivity index (χ2v) is 17.7. The molecule has 0 aliphatic rings. The Hall–Kier alpha value is -9.26. The van der Waals surface area contributed by atoms with Crippen LogP contribution in [0.2, 0.25) is 0 Å². The Morgan fingerprint density at radius 2 is 0.377 bits per heavy atom. The van der Waals surface area contributed by atoms with Gasteiger partial charge < -0.3 is 0 Å². The van der Waals surface area contributed by atoms with Gasteiger partial charge in [0.15, 0.2) is 23.3 Å². The van der Waals surface area contributed by atoms with Gasteiger partial charge in [0.1, 0.15) is 11.6 Å². The van der Waals surface area contributed by atoms with Crippen LogP contribution in [0.15, 0.2) is 218 Å². The van der Waals surface area contributed by atoms with E-state index < -0.39 is 0 Å². The normalized spacial score (nSPS) is 11.8. The molecule has 0 unspecified atom stereocenters. The van der Waals surface area contributed by atoms with Crippen molar-refractivity contribution in [1.82, 2.24) is 29.9 Å². The van der Waals surface area contributed by atoms with Crippen molar-refractivity contribution in [3.63, 3.8) is 0 Å². The number of hydrogen-bond acceptors (Lipinski definition) is 6. The molecule has 0 bridgehead atoms. The minimum atomic E-state index is 0.210. The molecule has 14 aromatic rings. The van der Waals surface area contributed by atoms with Crippen molar-refractivity contribution >= 4 is 86.2 Å². The molecule has 0 radical (unpaired) electrons. The lowest BCUT2D eigenvalue weighted by Gasteiger charge is -2.16. The van der Waals surface area contributed by atoms with Crippen LogP contribution in [0.25, 0.3) is 132 Å². The maximum absolute atomic E-state index is 5.51. The van der Waals surface area contributed by atoms with E-state index in [1.54, 1.807) is 0 Å². The summed E-state index contributed by atoms with van der Waals surface area (Å²) in [4.78, 5) is 32.9. The predicted octanol–water partition coefficient (Wildman–Crippen LogP) is 15.5. The largest absolute Gasteiger partial charge is 0.213 e. The van der Waals surface area contributed by atoms with Crippen molar-refractivity contribution in [3.05, 3.63) is 230 Å². The third-order valence-corrected chi connectivity index (χ3v) is 13.7. The number of rotatable bonds is 6. The first-order valence-corrected chi connectivity index (χ1v) is 23.3. The molecule has 0 atom stereocenters. The van der Waals surface area contributed by atoms with Crippen LogP contribution in [-0.2, 0) is 6.42 Å². The Labute approximate surface area is 396 Å². The van der Waals surface area contributed by atoms with Crippen molar-refractivity contribution < 1.29 is 0 Å². The maximum Gasteiger partial charge on any atom is 0.164 e. The molecule has 6 heteroatoms. The lowest BCUT2D eigenvalue weighted by Crippen LogP contribution is -2.09. The fourth-order valence-corrected chi connectivity index (χ4v) is 10.6. The molecule has 0 aliphatic heterocycles. The van der Waals surface area contributed by atoms with Crippen LogP contribution in [-0.4, -0.2) is 29.9 Å². The zero-order valence-electron chi connectivity index (χ0n) is 37.2. The average molecular weight is 879 g/mol. The van der Waals surface area contributed by atoms with Crippen LogP contribution < -0.4 is 0 Å². The van der Waals surface area contributed by atoms with E-state index in [1.807, 2.05) is 0 Å². The average Bonchev–Trinajstić information content (AvgIpc) is 3.40. The first-order chi connectivity index (χ1) is 34.2. The van der Waals surface area contributed by atoms with E-state index in [4.69, 9.17) is 29.9 Å². The standard InChI is InChI=1S/C63H38N6/c1-9-25-46-38(17-1)33-39-18-2-10-26-47(39)56(46)60-64-54(65-61(68-60)57-48-27-11-3-19-40(48)34-41-20-4-12-28-49(41)57)37-55-66-62(58-50-29-13-5-21-42(50)35-43-22-6-14-30-51(43)58)69-63(67-55)59-52-31-15-7-23-44(52)36-45-24-8-16-32-53(45)59/h1-36H,37H2. The van der Waals surface area contributed by atoms with Crippen molar-refractivity contribution in [2.75, 3.05) is 0 Å². The van der Waals surface area contributed by atoms with E-state index >= 15 is 0 Å². The molecule has 0 saturated heterocycles. The second-order valence-electron chi connectivity index (χ2n) is 17.7. The summed E-state index contributed by atoms with van der Waals surface area (Å²) < 4.78 is 0. The summed E-state index contributed by atoms with van der Waals surface area (Å²) in [6.45, 7) is 0. The highest BCUT2D eigenvalue weighted by atomic mass is 15.1. The Kier molecular flexibility index (Phi) is 8.86. The van der Waals surface area contributed by atoms with Gasteiger partial charge in [0.05, 0.1) is 6.42 Å². The zero-order valence-corrected chi connectivity index (χ0v) is 37.2. The number of hydrogen-bond donors (Lipinski definition) is 0. The van der Waals surface area contributed by atoms with E-state index in [9.17, 15) is 0 Å². The quantitative estimate of drug-likeness (QED) is 0.155. The van der Waals surface area contributed by atoms with E-state index in [2.05, 4.69) is 218 Å². The molecule has 12 aromatic carbocycles. The first kappa shape index (κ1) is 39.0. The van der Waals surface area contributed by atoms with E-state index in [1.165, 1.54) is 0 Å².